The predicted molar refractivity (Wildman–Crippen MR) is 83.0 cm³/mol. The highest BCUT2D eigenvalue weighted by molar-refractivity contribution is 8.00. The molecule has 0 spiro atoms. The van der Waals surface area contributed by atoms with Crippen LogP contribution in [0, 0.1) is 0 Å². The maximum atomic E-state index is 12.1. The van der Waals surface area contributed by atoms with Crippen LogP contribution in [0.25, 0.3) is 0 Å². The van der Waals surface area contributed by atoms with Gasteiger partial charge in [0.15, 0.2) is 0 Å². The van der Waals surface area contributed by atoms with Crippen molar-refractivity contribution in [3.8, 4) is 0 Å². The topological polar surface area (TPSA) is 29.5 Å². The molecule has 3 nitrogen and oxygen atoms in total. The molecule has 1 aromatic carbocycles. The Hall–Kier alpha value is -1.00. The van der Waals surface area contributed by atoms with Crippen LogP contribution < -0.4 is 0 Å². The van der Waals surface area contributed by atoms with Crippen molar-refractivity contribution >= 4 is 17.7 Å². The molecule has 1 heterocycles. The SMILES string of the molecule is CN(CC[C@@H]1CCCCO1)C(=O)CSc1ccccc1. The molecule has 0 unspecified atom stereocenters. The molecule has 1 amide bonds. The number of hydrogen-bond acceptors (Lipinski definition) is 3. The number of amides is 1. The first-order valence-corrected chi connectivity index (χ1v) is 8.27. The fourth-order valence-corrected chi connectivity index (χ4v) is 3.13. The standard InChI is InChI=1S/C16H23NO2S/c1-17(11-10-14-7-5-6-12-19-14)16(18)13-20-15-8-3-2-4-9-15/h2-4,8-9,14H,5-7,10-13H2,1H3/t14-/m0/s1. The molecule has 1 aliphatic rings. The van der Waals surface area contributed by atoms with Gasteiger partial charge in [0, 0.05) is 25.1 Å². The third-order valence-corrected chi connectivity index (χ3v) is 4.59. The van der Waals surface area contributed by atoms with Crippen molar-refractivity contribution in [2.45, 2.75) is 36.7 Å². The summed E-state index contributed by atoms with van der Waals surface area (Å²) in [6.07, 6.45) is 4.88. The molecule has 110 valence electrons. The first kappa shape index (κ1) is 15.4. The van der Waals surface area contributed by atoms with E-state index in [2.05, 4.69) is 0 Å². The highest BCUT2D eigenvalue weighted by atomic mass is 32.2. The average molecular weight is 293 g/mol. The first-order valence-electron chi connectivity index (χ1n) is 7.29. The van der Waals surface area contributed by atoms with Crippen LogP contribution in [0.4, 0.5) is 0 Å². The number of thioether (sulfide) groups is 1. The van der Waals surface area contributed by atoms with Crippen LogP contribution >= 0.6 is 11.8 Å². The molecule has 0 N–H and O–H groups in total. The lowest BCUT2D eigenvalue weighted by Gasteiger charge is -2.25. The van der Waals surface area contributed by atoms with E-state index in [9.17, 15) is 4.79 Å². The van der Waals surface area contributed by atoms with Gasteiger partial charge in [-0.25, -0.2) is 0 Å². The molecule has 4 heteroatoms. The van der Waals surface area contributed by atoms with Gasteiger partial charge in [0.1, 0.15) is 0 Å². The van der Waals surface area contributed by atoms with Crippen LogP contribution in [0.5, 0.6) is 0 Å². The molecule has 0 aromatic heterocycles. The number of carbonyl (C=O) groups excluding carboxylic acids is 1. The normalized spacial score (nSPS) is 18.8. The van der Waals surface area contributed by atoms with Gasteiger partial charge in [-0.3, -0.25) is 4.79 Å². The largest absolute Gasteiger partial charge is 0.378 e. The third kappa shape index (κ3) is 5.17. The summed E-state index contributed by atoms with van der Waals surface area (Å²) in [7, 11) is 1.89. The van der Waals surface area contributed by atoms with Crippen LogP contribution in [0.15, 0.2) is 35.2 Å². The van der Waals surface area contributed by atoms with Gasteiger partial charge in [-0.05, 0) is 37.8 Å². The number of carbonyl (C=O) groups is 1. The van der Waals surface area contributed by atoms with Gasteiger partial charge in [0.05, 0.1) is 11.9 Å². The lowest BCUT2D eigenvalue weighted by Crippen LogP contribution is -2.32. The highest BCUT2D eigenvalue weighted by Crippen LogP contribution is 2.18. The Morgan fingerprint density at radius 1 is 1.35 bits per heavy atom. The fraction of sp³-hybridized carbons (Fsp3) is 0.562. The molecular weight excluding hydrogens is 270 g/mol. The van der Waals surface area contributed by atoms with E-state index in [1.165, 1.54) is 12.8 Å². The summed E-state index contributed by atoms with van der Waals surface area (Å²) in [5.41, 5.74) is 0. The molecule has 1 atom stereocenters. The Morgan fingerprint density at radius 3 is 2.85 bits per heavy atom. The van der Waals surface area contributed by atoms with Crippen LogP contribution in [0.2, 0.25) is 0 Å². The van der Waals surface area contributed by atoms with Gasteiger partial charge < -0.3 is 9.64 Å². The number of rotatable bonds is 6. The molecule has 1 aliphatic heterocycles. The summed E-state index contributed by atoms with van der Waals surface area (Å²) in [5.74, 6) is 0.695. The average Bonchev–Trinajstić information content (AvgIpc) is 2.52. The van der Waals surface area contributed by atoms with E-state index in [1.807, 2.05) is 42.3 Å². The minimum Gasteiger partial charge on any atom is -0.378 e. The van der Waals surface area contributed by atoms with E-state index in [0.29, 0.717) is 11.9 Å². The smallest absolute Gasteiger partial charge is 0.232 e. The van der Waals surface area contributed by atoms with E-state index < -0.39 is 0 Å². The molecule has 0 aliphatic carbocycles. The summed E-state index contributed by atoms with van der Waals surface area (Å²) in [6.45, 7) is 1.67. The number of nitrogens with zero attached hydrogens (tertiary/aromatic N) is 1. The quantitative estimate of drug-likeness (QED) is 0.754. The molecule has 0 radical (unpaired) electrons. The molecular formula is C16H23NO2S. The van der Waals surface area contributed by atoms with Gasteiger partial charge in [0.2, 0.25) is 5.91 Å². The lowest BCUT2D eigenvalue weighted by molar-refractivity contribution is -0.127. The van der Waals surface area contributed by atoms with E-state index in [4.69, 9.17) is 4.74 Å². The molecule has 1 aromatic rings. The molecule has 2 rings (SSSR count). The Bertz CT molecular complexity index is 404. The molecule has 0 saturated carbocycles. The van der Waals surface area contributed by atoms with E-state index in [1.54, 1.807) is 11.8 Å². The monoisotopic (exact) mass is 293 g/mol. The van der Waals surface area contributed by atoms with E-state index >= 15 is 0 Å². The van der Waals surface area contributed by atoms with Crippen molar-refractivity contribution in [1.82, 2.24) is 4.90 Å². The number of ether oxygens (including phenoxy) is 1. The summed E-state index contributed by atoms with van der Waals surface area (Å²) in [6, 6.07) is 10.1. The van der Waals surface area contributed by atoms with Gasteiger partial charge in [0.25, 0.3) is 0 Å². The second-order valence-corrected chi connectivity index (χ2v) is 6.24. The maximum absolute atomic E-state index is 12.1. The first-order chi connectivity index (χ1) is 9.75. The number of hydrogen-bond donors (Lipinski definition) is 0. The van der Waals surface area contributed by atoms with Crippen molar-refractivity contribution in [2.75, 3.05) is 26.0 Å². The summed E-state index contributed by atoms with van der Waals surface area (Å²) in [5, 5.41) is 0. The summed E-state index contributed by atoms with van der Waals surface area (Å²) < 4.78 is 5.69. The van der Waals surface area contributed by atoms with Crippen molar-refractivity contribution < 1.29 is 9.53 Å². The minimum absolute atomic E-state index is 0.190. The van der Waals surface area contributed by atoms with Gasteiger partial charge in [-0.2, -0.15) is 0 Å². The van der Waals surface area contributed by atoms with Gasteiger partial charge in [-0.1, -0.05) is 18.2 Å². The number of benzene rings is 1. The second kappa shape index (κ2) is 8.32. The van der Waals surface area contributed by atoms with Crippen molar-refractivity contribution in [1.29, 1.82) is 0 Å². The van der Waals surface area contributed by atoms with Crippen LogP contribution in [0.3, 0.4) is 0 Å². The zero-order chi connectivity index (χ0) is 14.2. The van der Waals surface area contributed by atoms with Crippen molar-refractivity contribution in [2.24, 2.45) is 0 Å². The van der Waals surface area contributed by atoms with Crippen LogP contribution in [-0.2, 0) is 9.53 Å². The Morgan fingerprint density at radius 2 is 2.15 bits per heavy atom. The summed E-state index contributed by atoms with van der Waals surface area (Å²) in [4.78, 5) is 15.0. The minimum atomic E-state index is 0.190. The van der Waals surface area contributed by atoms with Crippen LogP contribution in [0.1, 0.15) is 25.7 Å². The predicted octanol–water partition coefficient (Wildman–Crippen LogP) is 3.20. The molecule has 20 heavy (non-hydrogen) atoms. The second-order valence-electron chi connectivity index (χ2n) is 5.19. The van der Waals surface area contributed by atoms with Crippen molar-refractivity contribution in [3.63, 3.8) is 0 Å². The van der Waals surface area contributed by atoms with Crippen LogP contribution in [-0.4, -0.2) is 42.9 Å². The van der Waals surface area contributed by atoms with E-state index in [0.717, 1.165) is 30.9 Å². The third-order valence-electron chi connectivity index (χ3n) is 3.59. The zero-order valence-electron chi connectivity index (χ0n) is 12.1. The fourth-order valence-electron chi connectivity index (χ4n) is 2.27. The Balaban J connectivity index is 1.66. The molecule has 0 bridgehead atoms. The zero-order valence-corrected chi connectivity index (χ0v) is 12.9. The van der Waals surface area contributed by atoms with Crippen molar-refractivity contribution in [3.05, 3.63) is 30.3 Å². The highest BCUT2D eigenvalue weighted by Gasteiger charge is 2.16. The van der Waals surface area contributed by atoms with E-state index in [-0.39, 0.29) is 5.91 Å². The summed E-state index contributed by atoms with van der Waals surface area (Å²) >= 11 is 1.60. The Kier molecular flexibility index (Phi) is 6.40. The van der Waals surface area contributed by atoms with Gasteiger partial charge >= 0.3 is 0 Å². The Labute approximate surface area is 125 Å². The lowest BCUT2D eigenvalue weighted by atomic mass is 10.1. The maximum Gasteiger partial charge on any atom is 0.232 e. The molecule has 1 saturated heterocycles. The van der Waals surface area contributed by atoms with Gasteiger partial charge in [-0.15, -0.1) is 11.8 Å². The molecule has 1 fully saturated rings.